The van der Waals surface area contributed by atoms with Gasteiger partial charge in [0.15, 0.2) is 18.3 Å². The minimum absolute atomic E-state index is 0.807. The highest BCUT2D eigenvalue weighted by Gasteiger charge is 2.00. The van der Waals surface area contributed by atoms with Gasteiger partial charge in [-0.25, -0.2) is 0 Å². The van der Waals surface area contributed by atoms with E-state index in [2.05, 4.69) is 17.7 Å². The minimum atomic E-state index is 0.807. The van der Waals surface area contributed by atoms with E-state index in [1.165, 1.54) is 25.0 Å². The minimum Gasteiger partial charge on any atom is -0.194 e. The van der Waals surface area contributed by atoms with Crippen LogP contribution in [-0.2, 0) is 5.88 Å². The summed E-state index contributed by atoms with van der Waals surface area (Å²) < 4.78 is 2.12. The van der Waals surface area contributed by atoms with E-state index in [9.17, 15) is 0 Å². The van der Waals surface area contributed by atoms with Crippen LogP contribution in [0.2, 0.25) is 5.02 Å². The smallest absolute Gasteiger partial charge is 0.194 e. The highest BCUT2D eigenvalue weighted by Crippen LogP contribution is 2.07. The number of nitrogens with zero attached hydrogens (tertiary/aromatic N) is 1. The van der Waals surface area contributed by atoms with Crippen molar-refractivity contribution in [3.63, 3.8) is 0 Å². The van der Waals surface area contributed by atoms with E-state index < -0.39 is 0 Å². The van der Waals surface area contributed by atoms with Crippen LogP contribution in [0.5, 0.6) is 0 Å². The quantitative estimate of drug-likeness (QED) is 0.534. The standard InChI is InChI=1S/C11H17ClNS/c1-2-3-4-8-14-10-13-7-5-6-11(12)9-13/h5-7,9H,2-4,8,10H2,1H3/q+1. The van der Waals surface area contributed by atoms with E-state index in [0.29, 0.717) is 0 Å². The maximum Gasteiger partial charge on any atom is 0.194 e. The predicted octanol–water partition coefficient (Wildman–Crippen LogP) is 3.51. The van der Waals surface area contributed by atoms with Gasteiger partial charge in [0.25, 0.3) is 0 Å². The number of pyridine rings is 1. The molecule has 0 N–H and O–H groups in total. The number of rotatable bonds is 6. The van der Waals surface area contributed by atoms with Gasteiger partial charge in [-0.3, -0.25) is 0 Å². The van der Waals surface area contributed by atoms with E-state index in [0.717, 1.165) is 10.9 Å². The fraction of sp³-hybridized carbons (Fsp3) is 0.545. The van der Waals surface area contributed by atoms with E-state index >= 15 is 0 Å². The van der Waals surface area contributed by atoms with Crippen LogP contribution < -0.4 is 4.57 Å². The van der Waals surface area contributed by atoms with Gasteiger partial charge in [0.2, 0.25) is 0 Å². The molecule has 0 aliphatic carbocycles. The molecule has 78 valence electrons. The average molecular weight is 231 g/mol. The average Bonchev–Trinajstić information content (AvgIpc) is 2.18. The van der Waals surface area contributed by atoms with Crippen molar-refractivity contribution in [1.82, 2.24) is 0 Å². The Kier molecular flexibility index (Phi) is 6.04. The largest absolute Gasteiger partial charge is 0.194 e. The van der Waals surface area contributed by atoms with Gasteiger partial charge in [-0.2, -0.15) is 4.57 Å². The van der Waals surface area contributed by atoms with Crippen LogP contribution in [0.3, 0.4) is 0 Å². The van der Waals surface area contributed by atoms with Gasteiger partial charge < -0.3 is 0 Å². The predicted molar refractivity (Wildman–Crippen MR) is 63.6 cm³/mol. The van der Waals surface area contributed by atoms with Gasteiger partial charge in [-0.1, -0.05) is 43.1 Å². The second kappa shape index (κ2) is 7.13. The Morgan fingerprint density at radius 1 is 1.43 bits per heavy atom. The number of unbranched alkanes of at least 4 members (excludes halogenated alkanes) is 2. The molecule has 0 aliphatic rings. The molecule has 1 aromatic rings. The van der Waals surface area contributed by atoms with Gasteiger partial charge in [0.1, 0.15) is 5.02 Å². The lowest BCUT2D eigenvalue weighted by molar-refractivity contribution is -0.675. The molecule has 0 unspecified atom stereocenters. The molecule has 1 heterocycles. The Hall–Kier alpha value is -0.210. The third-order valence-corrected chi connectivity index (χ3v) is 3.24. The second-order valence-electron chi connectivity index (χ2n) is 3.28. The Morgan fingerprint density at radius 2 is 2.29 bits per heavy atom. The third-order valence-electron chi connectivity index (χ3n) is 1.95. The first-order valence-corrected chi connectivity index (χ1v) is 6.58. The van der Waals surface area contributed by atoms with Gasteiger partial charge in [-0.05, 0) is 18.2 Å². The zero-order valence-corrected chi connectivity index (χ0v) is 10.2. The normalized spacial score (nSPS) is 10.4. The molecule has 14 heavy (non-hydrogen) atoms. The SMILES string of the molecule is CCCCCSC[n+]1cccc(Cl)c1. The molecular formula is C11H17ClNS+. The molecular weight excluding hydrogens is 214 g/mol. The van der Waals surface area contributed by atoms with Gasteiger partial charge in [-0.15, -0.1) is 0 Å². The van der Waals surface area contributed by atoms with Crippen molar-refractivity contribution in [2.75, 3.05) is 5.75 Å². The summed E-state index contributed by atoms with van der Waals surface area (Å²) in [5.41, 5.74) is 0. The van der Waals surface area contributed by atoms with Crippen LogP contribution in [0.25, 0.3) is 0 Å². The van der Waals surface area contributed by atoms with Gasteiger partial charge in [0.05, 0.1) is 0 Å². The molecule has 0 radical (unpaired) electrons. The summed E-state index contributed by atoms with van der Waals surface area (Å²) >= 11 is 7.84. The Labute approximate surface area is 95.5 Å². The van der Waals surface area contributed by atoms with Crippen molar-refractivity contribution in [2.24, 2.45) is 0 Å². The summed E-state index contributed by atoms with van der Waals surface area (Å²) in [6.45, 7) is 2.23. The molecule has 0 amide bonds. The van der Waals surface area contributed by atoms with Crippen LogP contribution in [0.1, 0.15) is 26.2 Å². The molecule has 3 heteroatoms. The number of hydrogen-bond acceptors (Lipinski definition) is 1. The van der Waals surface area contributed by atoms with Crippen LogP contribution in [0.4, 0.5) is 0 Å². The lowest BCUT2D eigenvalue weighted by atomic mass is 10.3. The molecule has 0 saturated carbocycles. The Balaban J connectivity index is 2.18. The maximum absolute atomic E-state index is 5.88. The fourth-order valence-electron chi connectivity index (χ4n) is 1.19. The molecule has 1 aromatic heterocycles. The monoisotopic (exact) mass is 230 g/mol. The van der Waals surface area contributed by atoms with Crippen molar-refractivity contribution >= 4 is 23.4 Å². The molecule has 0 spiro atoms. The van der Waals surface area contributed by atoms with Gasteiger partial charge in [0, 0.05) is 6.07 Å². The lowest BCUT2D eigenvalue weighted by Crippen LogP contribution is -2.30. The molecule has 0 atom stereocenters. The number of hydrogen-bond donors (Lipinski definition) is 0. The third kappa shape index (κ3) is 4.87. The first-order valence-electron chi connectivity index (χ1n) is 5.05. The summed E-state index contributed by atoms with van der Waals surface area (Å²) in [5, 5.41) is 0.807. The molecule has 0 bridgehead atoms. The molecule has 0 aliphatic heterocycles. The Morgan fingerprint density at radius 3 is 3.00 bits per heavy atom. The summed E-state index contributed by atoms with van der Waals surface area (Å²) in [7, 11) is 0. The van der Waals surface area contributed by atoms with Crippen molar-refractivity contribution in [3.8, 4) is 0 Å². The van der Waals surface area contributed by atoms with E-state index in [-0.39, 0.29) is 0 Å². The molecule has 0 fully saturated rings. The van der Waals surface area contributed by atoms with Crippen LogP contribution in [0, 0.1) is 0 Å². The zero-order valence-electron chi connectivity index (χ0n) is 8.58. The van der Waals surface area contributed by atoms with Crippen molar-refractivity contribution < 1.29 is 4.57 Å². The summed E-state index contributed by atoms with van der Waals surface area (Å²) in [5.74, 6) is 2.25. The van der Waals surface area contributed by atoms with Crippen LogP contribution >= 0.6 is 23.4 Å². The summed E-state index contributed by atoms with van der Waals surface area (Å²) in [6, 6.07) is 3.88. The maximum atomic E-state index is 5.88. The van der Waals surface area contributed by atoms with Crippen molar-refractivity contribution in [2.45, 2.75) is 32.1 Å². The Bertz CT molecular complexity index is 265. The molecule has 0 saturated heterocycles. The lowest BCUT2D eigenvalue weighted by Gasteiger charge is -1.97. The van der Waals surface area contributed by atoms with E-state index in [1.54, 1.807) is 0 Å². The van der Waals surface area contributed by atoms with E-state index in [1.807, 2.05) is 30.1 Å². The highest BCUT2D eigenvalue weighted by molar-refractivity contribution is 7.98. The second-order valence-corrected chi connectivity index (χ2v) is 4.79. The van der Waals surface area contributed by atoms with Crippen LogP contribution in [-0.4, -0.2) is 5.75 Å². The van der Waals surface area contributed by atoms with Crippen LogP contribution in [0.15, 0.2) is 24.5 Å². The number of thioether (sulfide) groups is 1. The fourth-order valence-corrected chi connectivity index (χ4v) is 2.30. The number of halogens is 1. The first kappa shape index (κ1) is 11.9. The van der Waals surface area contributed by atoms with E-state index in [4.69, 9.17) is 11.6 Å². The molecule has 1 rings (SSSR count). The molecule has 0 aromatic carbocycles. The zero-order chi connectivity index (χ0) is 10.2. The van der Waals surface area contributed by atoms with Crippen molar-refractivity contribution in [1.29, 1.82) is 0 Å². The summed E-state index contributed by atoms with van der Waals surface area (Å²) in [6.07, 6.45) is 7.98. The topological polar surface area (TPSA) is 3.88 Å². The van der Waals surface area contributed by atoms with Crippen molar-refractivity contribution in [3.05, 3.63) is 29.5 Å². The van der Waals surface area contributed by atoms with Gasteiger partial charge >= 0.3 is 0 Å². The summed E-state index contributed by atoms with van der Waals surface area (Å²) in [4.78, 5) is 0. The number of aromatic nitrogens is 1. The molecule has 1 nitrogen and oxygen atoms in total. The highest BCUT2D eigenvalue weighted by atomic mass is 35.5. The first-order chi connectivity index (χ1) is 6.83.